The third kappa shape index (κ3) is 6.48. The molecule has 166 valence electrons. The molecule has 3 saturated carbocycles. The molecule has 0 saturated heterocycles. The fourth-order valence-electron chi connectivity index (χ4n) is 7.44. The molecule has 2 unspecified atom stereocenters. The van der Waals surface area contributed by atoms with Gasteiger partial charge in [0.25, 0.3) is 0 Å². The lowest BCUT2D eigenvalue weighted by molar-refractivity contribution is 0.0813. The predicted octanol–water partition coefficient (Wildman–Crippen LogP) is 9.07. The lowest BCUT2D eigenvalue weighted by Crippen LogP contribution is -2.34. The minimum atomic E-state index is 0.0335. The molecule has 0 N–H and O–H groups in total. The summed E-state index contributed by atoms with van der Waals surface area (Å²) >= 11 is 0. The van der Waals surface area contributed by atoms with Gasteiger partial charge in [-0.2, -0.15) is 5.26 Å². The molecular formula is C28H49N. The first-order valence-electron chi connectivity index (χ1n) is 13.6. The van der Waals surface area contributed by atoms with E-state index in [0.717, 1.165) is 29.6 Å². The molecule has 0 heterocycles. The molecule has 0 aliphatic heterocycles. The molecule has 1 heteroatoms. The molecule has 0 aromatic heterocycles. The van der Waals surface area contributed by atoms with Gasteiger partial charge in [0.1, 0.15) is 0 Å². The van der Waals surface area contributed by atoms with E-state index in [1.807, 2.05) is 0 Å². The molecule has 29 heavy (non-hydrogen) atoms. The molecule has 0 aromatic rings. The Bertz CT molecular complexity index is 489. The van der Waals surface area contributed by atoms with Crippen molar-refractivity contribution in [1.29, 1.82) is 5.26 Å². The van der Waals surface area contributed by atoms with E-state index in [0.29, 0.717) is 0 Å². The van der Waals surface area contributed by atoms with Crippen molar-refractivity contribution in [2.24, 2.45) is 35.0 Å². The first kappa shape index (κ1) is 23.2. The van der Waals surface area contributed by atoms with Crippen LogP contribution in [0.15, 0.2) is 0 Å². The van der Waals surface area contributed by atoms with E-state index >= 15 is 0 Å². The van der Waals surface area contributed by atoms with E-state index in [9.17, 15) is 5.26 Å². The Kier molecular flexibility index (Phi) is 9.40. The minimum Gasteiger partial charge on any atom is -0.198 e. The summed E-state index contributed by atoms with van der Waals surface area (Å²) in [6.07, 6.45) is 26.5. The van der Waals surface area contributed by atoms with E-state index in [1.54, 1.807) is 0 Å². The summed E-state index contributed by atoms with van der Waals surface area (Å²) < 4.78 is 0. The van der Waals surface area contributed by atoms with Crippen molar-refractivity contribution in [3.63, 3.8) is 0 Å². The third-order valence-electron chi connectivity index (χ3n) is 9.39. The zero-order valence-corrected chi connectivity index (χ0v) is 19.8. The second kappa shape index (κ2) is 11.8. The molecule has 3 aliphatic carbocycles. The highest BCUT2D eigenvalue weighted by Gasteiger charge is 2.40. The van der Waals surface area contributed by atoms with E-state index in [4.69, 9.17) is 0 Å². The van der Waals surface area contributed by atoms with Crippen LogP contribution in [-0.4, -0.2) is 0 Å². The van der Waals surface area contributed by atoms with Gasteiger partial charge in [-0.3, -0.25) is 0 Å². The van der Waals surface area contributed by atoms with Crippen LogP contribution >= 0.6 is 0 Å². The second-order valence-corrected chi connectivity index (χ2v) is 11.3. The molecule has 0 spiro atoms. The molecule has 0 aromatic carbocycles. The Morgan fingerprint density at radius 2 is 1.31 bits per heavy atom. The van der Waals surface area contributed by atoms with Crippen LogP contribution in [0.1, 0.15) is 136 Å². The highest BCUT2D eigenvalue weighted by Crippen LogP contribution is 2.50. The van der Waals surface area contributed by atoms with Gasteiger partial charge in [-0.25, -0.2) is 0 Å². The molecule has 0 amide bonds. The monoisotopic (exact) mass is 399 g/mol. The van der Waals surface area contributed by atoms with Crippen LogP contribution in [-0.2, 0) is 0 Å². The standard InChI is InChI=1S/C28H49N/c1-3-5-7-19-28(22-29)20-8-10-27(21-28)26-17-15-25(16-18-26)24-13-11-23(12-14-24)9-6-4-2/h23-27H,3-21H2,1-2H3/t23-,24-,25-,26-,27?,28?. The summed E-state index contributed by atoms with van der Waals surface area (Å²) in [6, 6.07) is 2.82. The van der Waals surface area contributed by atoms with Crippen LogP contribution in [0.3, 0.4) is 0 Å². The molecule has 1 nitrogen and oxygen atoms in total. The fourth-order valence-corrected chi connectivity index (χ4v) is 7.44. The largest absolute Gasteiger partial charge is 0.198 e. The lowest BCUT2D eigenvalue weighted by atomic mass is 9.61. The third-order valence-corrected chi connectivity index (χ3v) is 9.39. The molecule has 0 radical (unpaired) electrons. The highest BCUT2D eigenvalue weighted by atomic mass is 14.5. The van der Waals surface area contributed by atoms with Gasteiger partial charge in [-0.15, -0.1) is 0 Å². The van der Waals surface area contributed by atoms with E-state index in [1.165, 1.54) is 122 Å². The summed E-state index contributed by atoms with van der Waals surface area (Å²) in [7, 11) is 0. The van der Waals surface area contributed by atoms with Crippen molar-refractivity contribution in [1.82, 2.24) is 0 Å². The first-order valence-corrected chi connectivity index (χ1v) is 13.6. The SMILES string of the molecule is CCCCCC1(C#N)CCCC([C@H]2CC[C@H]([C@H]3CC[C@H](CCCC)CC3)CC2)C1. The summed E-state index contributed by atoms with van der Waals surface area (Å²) in [5.74, 6) is 4.93. The maximum atomic E-state index is 9.99. The average Bonchev–Trinajstić information content (AvgIpc) is 2.78. The number of unbranched alkanes of at least 4 members (excludes halogenated alkanes) is 3. The number of rotatable bonds is 9. The maximum absolute atomic E-state index is 9.99. The topological polar surface area (TPSA) is 23.8 Å². The normalized spacial score (nSPS) is 38.4. The molecule has 3 fully saturated rings. The number of hydrogen-bond donors (Lipinski definition) is 0. The van der Waals surface area contributed by atoms with Crippen molar-refractivity contribution in [2.45, 2.75) is 136 Å². The van der Waals surface area contributed by atoms with Gasteiger partial charge in [0.15, 0.2) is 0 Å². The Hall–Kier alpha value is -0.510. The van der Waals surface area contributed by atoms with Crippen LogP contribution in [0.5, 0.6) is 0 Å². The molecule has 0 bridgehead atoms. The summed E-state index contributed by atoms with van der Waals surface area (Å²) in [5, 5.41) is 9.99. The Morgan fingerprint density at radius 3 is 1.90 bits per heavy atom. The van der Waals surface area contributed by atoms with Crippen molar-refractivity contribution in [2.75, 3.05) is 0 Å². The van der Waals surface area contributed by atoms with Crippen LogP contribution in [0.25, 0.3) is 0 Å². The average molecular weight is 400 g/mol. The predicted molar refractivity (Wildman–Crippen MR) is 125 cm³/mol. The number of hydrogen-bond acceptors (Lipinski definition) is 1. The van der Waals surface area contributed by atoms with Crippen LogP contribution in [0.2, 0.25) is 0 Å². The number of nitrogens with zero attached hydrogens (tertiary/aromatic N) is 1. The first-order chi connectivity index (χ1) is 14.2. The van der Waals surface area contributed by atoms with Crippen molar-refractivity contribution in [3.8, 4) is 6.07 Å². The molecular weight excluding hydrogens is 350 g/mol. The molecule has 3 rings (SSSR count). The minimum absolute atomic E-state index is 0.0335. The lowest BCUT2D eigenvalue weighted by Gasteiger charge is -2.43. The Morgan fingerprint density at radius 1 is 0.724 bits per heavy atom. The molecule has 3 aliphatic rings. The highest BCUT2D eigenvalue weighted by molar-refractivity contribution is 5.03. The summed E-state index contributed by atoms with van der Waals surface area (Å²) in [4.78, 5) is 0. The Balaban J connectivity index is 1.43. The van der Waals surface area contributed by atoms with Gasteiger partial charge in [-0.1, -0.05) is 78.1 Å². The Labute approximate surface area is 182 Å². The van der Waals surface area contributed by atoms with Gasteiger partial charge in [0.2, 0.25) is 0 Å². The van der Waals surface area contributed by atoms with Gasteiger partial charge in [0.05, 0.1) is 11.5 Å². The van der Waals surface area contributed by atoms with E-state index in [-0.39, 0.29) is 5.41 Å². The number of nitriles is 1. The van der Waals surface area contributed by atoms with Crippen molar-refractivity contribution < 1.29 is 0 Å². The van der Waals surface area contributed by atoms with E-state index in [2.05, 4.69) is 19.9 Å². The van der Waals surface area contributed by atoms with Gasteiger partial charge in [-0.05, 0) is 87.4 Å². The van der Waals surface area contributed by atoms with Crippen LogP contribution < -0.4 is 0 Å². The quantitative estimate of drug-likeness (QED) is 0.355. The van der Waals surface area contributed by atoms with Crippen LogP contribution in [0, 0.1) is 46.3 Å². The van der Waals surface area contributed by atoms with Crippen LogP contribution in [0.4, 0.5) is 0 Å². The van der Waals surface area contributed by atoms with E-state index < -0.39 is 0 Å². The van der Waals surface area contributed by atoms with Gasteiger partial charge >= 0.3 is 0 Å². The zero-order valence-electron chi connectivity index (χ0n) is 19.8. The van der Waals surface area contributed by atoms with Crippen molar-refractivity contribution in [3.05, 3.63) is 0 Å². The second-order valence-electron chi connectivity index (χ2n) is 11.3. The molecule has 2 atom stereocenters. The fraction of sp³-hybridized carbons (Fsp3) is 0.964. The maximum Gasteiger partial charge on any atom is 0.0689 e. The summed E-state index contributed by atoms with van der Waals surface area (Å²) in [6.45, 7) is 4.61. The van der Waals surface area contributed by atoms with Gasteiger partial charge < -0.3 is 0 Å². The summed E-state index contributed by atoms with van der Waals surface area (Å²) in [5.41, 5.74) is 0.0335. The van der Waals surface area contributed by atoms with Gasteiger partial charge in [0, 0.05) is 0 Å². The smallest absolute Gasteiger partial charge is 0.0689 e. The zero-order chi connectivity index (χ0) is 20.5. The van der Waals surface area contributed by atoms with Crippen molar-refractivity contribution >= 4 is 0 Å².